The number of nitrogens with zero attached hydrogens (tertiary/aromatic N) is 5. The second kappa shape index (κ2) is 5.19. The molecule has 0 fully saturated rings. The SMILES string of the molecule is Cc1n[nH]c(C)c1NC(=O)Cn1nnc(-c2ccco2)n1. The van der Waals surface area contributed by atoms with Gasteiger partial charge in [-0.3, -0.25) is 9.89 Å². The molecule has 9 nitrogen and oxygen atoms in total. The highest BCUT2D eigenvalue weighted by molar-refractivity contribution is 5.91. The maximum Gasteiger partial charge on any atom is 0.248 e. The van der Waals surface area contributed by atoms with Crippen LogP contribution in [0.15, 0.2) is 22.8 Å². The first-order valence-electron chi connectivity index (χ1n) is 6.26. The molecule has 9 heteroatoms. The summed E-state index contributed by atoms with van der Waals surface area (Å²) >= 11 is 0. The summed E-state index contributed by atoms with van der Waals surface area (Å²) in [5.74, 6) is 0.581. The molecule has 3 rings (SSSR count). The Morgan fingerprint density at radius 2 is 2.33 bits per heavy atom. The number of aromatic nitrogens is 6. The Balaban J connectivity index is 1.68. The predicted octanol–water partition coefficient (Wildman–Crippen LogP) is 0.912. The van der Waals surface area contributed by atoms with Gasteiger partial charge in [-0.15, -0.1) is 10.2 Å². The first kappa shape index (κ1) is 13.0. The van der Waals surface area contributed by atoms with Gasteiger partial charge in [0.2, 0.25) is 11.7 Å². The fourth-order valence-corrected chi connectivity index (χ4v) is 1.86. The molecule has 0 spiro atoms. The number of hydrogen-bond acceptors (Lipinski definition) is 6. The highest BCUT2D eigenvalue weighted by Crippen LogP contribution is 2.16. The van der Waals surface area contributed by atoms with Crippen LogP contribution in [0.1, 0.15) is 11.4 Å². The fraction of sp³-hybridized carbons (Fsp3) is 0.250. The van der Waals surface area contributed by atoms with E-state index in [0.29, 0.717) is 17.3 Å². The van der Waals surface area contributed by atoms with Crippen LogP contribution in [-0.2, 0) is 11.3 Å². The van der Waals surface area contributed by atoms with E-state index in [1.807, 2.05) is 13.8 Å². The number of anilines is 1. The van der Waals surface area contributed by atoms with Crippen molar-refractivity contribution < 1.29 is 9.21 Å². The molecule has 0 atom stereocenters. The van der Waals surface area contributed by atoms with Crippen LogP contribution in [0.4, 0.5) is 5.69 Å². The average Bonchev–Trinajstić information content (AvgIpc) is 3.16. The third kappa shape index (κ3) is 2.66. The number of furan rings is 1. The third-order valence-corrected chi connectivity index (χ3v) is 2.87. The smallest absolute Gasteiger partial charge is 0.248 e. The van der Waals surface area contributed by atoms with Crippen LogP contribution in [0.25, 0.3) is 11.6 Å². The van der Waals surface area contributed by atoms with Crippen molar-refractivity contribution in [1.29, 1.82) is 0 Å². The van der Waals surface area contributed by atoms with E-state index in [0.717, 1.165) is 11.4 Å². The molecule has 1 amide bonds. The number of amides is 1. The van der Waals surface area contributed by atoms with Crippen molar-refractivity contribution in [2.24, 2.45) is 0 Å². The van der Waals surface area contributed by atoms with Gasteiger partial charge in [-0.1, -0.05) is 0 Å². The van der Waals surface area contributed by atoms with Gasteiger partial charge >= 0.3 is 0 Å². The number of H-pyrrole nitrogens is 1. The Morgan fingerprint density at radius 3 is 3.00 bits per heavy atom. The Kier molecular flexibility index (Phi) is 3.22. The number of aryl methyl sites for hydroxylation is 2. The van der Waals surface area contributed by atoms with Crippen molar-refractivity contribution in [2.45, 2.75) is 20.4 Å². The molecule has 0 saturated heterocycles. The normalized spacial score (nSPS) is 10.8. The van der Waals surface area contributed by atoms with E-state index >= 15 is 0 Å². The minimum absolute atomic E-state index is 0.0439. The summed E-state index contributed by atoms with van der Waals surface area (Å²) in [5.41, 5.74) is 2.19. The van der Waals surface area contributed by atoms with E-state index in [1.165, 1.54) is 11.1 Å². The third-order valence-electron chi connectivity index (χ3n) is 2.87. The van der Waals surface area contributed by atoms with Gasteiger partial charge in [0.05, 0.1) is 23.3 Å². The van der Waals surface area contributed by atoms with E-state index < -0.39 is 0 Å². The van der Waals surface area contributed by atoms with E-state index in [-0.39, 0.29) is 12.5 Å². The number of carbonyl (C=O) groups is 1. The highest BCUT2D eigenvalue weighted by atomic mass is 16.3. The van der Waals surface area contributed by atoms with Gasteiger partial charge < -0.3 is 9.73 Å². The average molecular weight is 287 g/mol. The second-order valence-electron chi connectivity index (χ2n) is 4.48. The van der Waals surface area contributed by atoms with Crippen LogP contribution in [0.3, 0.4) is 0 Å². The number of aromatic amines is 1. The van der Waals surface area contributed by atoms with E-state index in [9.17, 15) is 4.79 Å². The molecule has 0 aliphatic carbocycles. The summed E-state index contributed by atoms with van der Waals surface area (Å²) in [6.45, 7) is 3.60. The lowest BCUT2D eigenvalue weighted by molar-refractivity contribution is -0.117. The maximum absolute atomic E-state index is 12.0. The lowest BCUT2D eigenvalue weighted by atomic mass is 10.3. The first-order chi connectivity index (χ1) is 10.1. The van der Waals surface area contributed by atoms with Crippen LogP contribution in [-0.4, -0.2) is 36.3 Å². The molecule has 3 aromatic heterocycles. The monoisotopic (exact) mass is 287 g/mol. The summed E-state index contributed by atoms with van der Waals surface area (Å²) in [5, 5.41) is 21.3. The summed E-state index contributed by atoms with van der Waals surface area (Å²) in [4.78, 5) is 13.2. The van der Waals surface area contributed by atoms with Gasteiger partial charge in [0.1, 0.15) is 6.54 Å². The van der Waals surface area contributed by atoms with Gasteiger partial charge in [-0.2, -0.15) is 9.90 Å². The Hall–Kier alpha value is -2.97. The number of nitrogens with one attached hydrogen (secondary N) is 2. The molecule has 0 bridgehead atoms. The molecule has 2 N–H and O–H groups in total. The predicted molar refractivity (Wildman–Crippen MR) is 72.2 cm³/mol. The molecule has 0 unspecified atom stereocenters. The quantitative estimate of drug-likeness (QED) is 0.737. The summed E-state index contributed by atoms with van der Waals surface area (Å²) in [6.07, 6.45) is 1.52. The second-order valence-corrected chi connectivity index (χ2v) is 4.48. The van der Waals surface area contributed by atoms with Crippen molar-refractivity contribution in [3.8, 4) is 11.6 Å². The molecule has 0 saturated carbocycles. The zero-order valence-electron chi connectivity index (χ0n) is 11.5. The molecule has 0 radical (unpaired) electrons. The zero-order chi connectivity index (χ0) is 14.8. The van der Waals surface area contributed by atoms with E-state index in [2.05, 4.69) is 30.9 Å². The molecule has 108 valence electrons. The van der Waals surface area contributed by atoms with E-state index in [4.69, 9.17) is 4.42 Å². The van der Waals surface area contributed by atoms with Crippen LogP contribution in [0, 0.1) is 13.8 Å². The maximum atomic E-state index is 12.0. The van der Waals surface area contributed by atoms with Crippen LogP contribution < -0.4 is 5.32 Å². The molecule has 21 heavy (non-hydrogen) atoms. The van der Waals surface area contributed by atoms with E-state index in [1.54, 1.807) is 12.1 Å². The van der Waals surface area contributed by atoms with Crippen LogP contribution in [0.2, 0.25) is 0 Å². The zero-order valence-corrected chi connectivity index (χ0v) is 11.5. The lowest BCUT2D eigenvalue weighted by Gasteiger charge is -2.03. The first-order valence-corrected chi connectivity index (χ1v) is 6.26. The Labute approximate surface area is 119 Å². The topological polar surface area (TPSA) is 115 Å². The molecule has 0 aliphatic heterocycles. The molecular formula is C12H13N7O2. The van der Waals surface area contributed by atoms with Gasteiger partial charge in [0, 0.05) is 0 Å². The number of tetrazole rings is 1. The Bertz CT molecular complexity index is 737. The summed E-state index contributed by atoms with van der Waals surface area (Å²) < 4.78 is 5.16. The minimum Gasteiger partial charge on any atom is -0.461 e. The van der Waals surface area contributed by atoms with Crippen molar-refractivity contribution in [2.75, 3.05) is 5.32 Å². The molecular weight excluding hydrogens is 274 g/mol. The van der Waals surface area contributed by atoms with Crippen LogP contribution >= 0.6 is 0 Å². The molecule has 0 aromatic carbocycles. The van der Waals surface area contributed by atoms with Crippen molar-refractivity contribution in [3.05, 3.63) is 29.8 Å². The van der Waals surface area contributed by atoms with Gasteiger partial charge in [-0.25, -0.2) is 0 Å². The van der Waals surface area contributed by atoms with Crippen molar-refractivity contribution in [3.63, 3.8) is 0 Å². The number of carbonyl (C=O) groups excluding carboxylic acids is 1. The number of rotatable bonds is 4. The van der Waals surface area contributed by atoms with Gasteiger partial charge in [-0.05, 0) is 31.2 Å². The molecule has 3 aromatic rings. The van der Waals surface area contributed by atoms with Crippen molar-refractivity contribution in [1.82, 2.24) is 30.4 Å². The molecule has 0 aliphatic rings. The standard InChI is InChI=1S/C12H13N7O2/c1-7-11(8(2)15-14-7)13-10(20)6-19-17-12(16-18-19)9-4-3-5-21-9/h3-5H,6H2,1-2H3,(H,13,20)(H,14,15). The van der Waals surface area contributed by atoms with Crippen molar-refractivity contribution >= 4 is 11.6 Å². The highest BCUT2D eigenvalue weighted by Gasteiger charge is 2.13. The fourth-order valence-electron chi connectivity index (χ4n) is 1.86. The van der Waals surface area contributed by atoms with Gasteiger partial charge in [0.15, 0.2) is 5.76 Å². The Morgan fingerprint density at radius 1 is 1.48 bits per heavy atom. The minimum atomic E-state index is -0.258. The summed E-state index contributed by atoms with van der Waals surface area (Å²) in [7, 11) is 0. The van der Waals surface area contributed by atoms with Crippen LogP contribution in [0.5, 0.6) is 0 Å². The largest absolute Gasteiger partial charge is 0.461 e. The van der Waals surface area contributed by atoms with Gasteiger partial charge in [0.25, 0.3) is 0 Å². The lowest BCUT2D eigenvalue weighted by Crippen LogP contribution is -2.21. The molecule has 3 heterocycles. The summed E-state index contributed by atoms with van der Waals surface area (Å²) in [6, 6.07) is 3.45. The number of hydrogen-bond donors (Lipinski definition) is 2.